The van der Waals surface area contributed by atoms with Gasteiger partial charge in [-0.3, -0.25) is 4.68 Å². The highest BCUT2D eigenvalue weighted by Crippen LogP contribution is 2.27. The van der Waals surface area contributed by atoms with Crippen LogP contribution in [-0.2, 0) is 7.05 Å². The fraction of sp³-hybridized carbons (Fsp3) is 0.190. The first-order valence-corrected chi connectivity index (χ1v) is 8.58. The predicted molar refractivity (Wildman–Crippen MR) is 99.4 cm³/mol. The number of nitrogens with zero attached hydrogens (tertiary/aromatic N) is 2. The molecule has 4 nitrogen and oxygen atoms in total. The van der Waals surface area contributed by atoms with Crippen LogP contribution in [0.5, 0.6) is 5.75 Å². The molecule has 0 amide bonds. The highest BCUT2D eigenvalue weighted by atomic mass is 19.1. The van der Waals surface area contributed by atoms with Crippen LogP contribution in [0.25, 0.3) is 6.08 Å². The Labute approximate surface area is 151 Å². The van der Waals surface area contributed by atoms with Crippen LogP contribution in [-0.4, -0.2) is 22.9 Å². The molecule has 0 aliphatic carbocycles. The van der Waals surface area contributed by atoms with Crippen molar-refractivity contribution in [3.8, 4) is 5.75 Å². The highest BCUT2D eigenvalue weighted by Gasteiger charge is 2.17. The first-order chi connectivity index (χ1) is 12.7. The Kier molecular flexibility index (Phi) is 4.54. The first kappa shape index (κ1) is 16.5. The van der Waals surface area contributed by atoms with Crippen LogP contribution in [0.4, 0.5) is 4.39 Å². The minimum atomic E-state index is -0.237. The summed E-state index contributed by atoms with van der Waals surface area (Å²) in [6.45, 7) is 1.23. The molecule has 1 aromatic heterocycles. The third kappa shape index (κ3) is 3.53. The molecule has 1 N–H and O–H groups in total. The van der Waals surface area contributed by atoms with Crippen LogP contribution < -0.4 is 10.1 Å². The van der Waals surface area contributed by atoms with Gasteiger partial charge in [0.25, 0.3) is 0 Å². The van der Waals surface area contributed by atoms with Gasteiger partial charge in [-0.2, -0.15) is 5.10 Å². The van der Waals surface area contributed by atoms with Gasteiger partial charge in [-0.1, -0.05) is 30.3 Å². The maximum Gasteiger partial charge on any atom is 0.127 e. The molecule has 2 aromatic carbocycles. The predicted octanol–water partition coefficient (Wildman–Crippen LogP) is 3.71. The van der Waals surface area contributed by atoms with Gasteiger partial charge in [-0.15, -0.1) is 0 Å². The van der Waals surface area contributed by atoms with E-state index in [1.54, 1.807) is 16.8 Å². The van der Waals surface area contributed by atoms with Crippen LogP contribution in [0.15, 0.2) is 66.5 Å². The standard InChI is InChI=1S/C21H20FN3O/c1-25-13-18(12-24-25)21(16-6-8-19(22)9-7-16)23-11-15-10-17-4-2-3-5-20(17)26-14-15/h2-10,12-13,21,23H,11,14H2,1H3/t21-/m1/s1. The summed E-state index contributed by atoms with van der Waals surface area (Å²) in [5.41, 5.74) is 4.30. The minimum absolute atomic E-state index is 0.0672. The third-order valence-electron chi connectivity index (χ3n) is 4.49. The summed E-state index contributed by atoms with van der Waals surface area (Å²) in [6, 6.07) is 14.5. The van der Waals surface area contributed by atoms with Crippen molar-refractivity contribution in [3.63, 3.8) is 0 Å². The number of hydrogen-bond acceptors (Lipinski definition) is 3. The number of aryl methyl sites for hydroxylation is 1. The fourth-order valence-corrected chi connectivity index (χ4v) is 3.17. The zero-order valence-electron chi connectivity index (χ0n) is 14.5. The number of benzene rings is 2. The van der Waals surface area contributed by atoms with E-state index < -0.39 is 0 Å². The molecular weight excluding hydrogens is 329 g/mol. The van der Waals surface area contributed by atoms with Crippen LogP contribution >= 0.6 is 0 Å². The summed E-state index contributed by atoms with van der Waals surface area (Å²) in [5, 5.41) is 7.83. The van der Waals surface area contributed by atoms with Crippen molar-refractivity contribution in [1.82, 2.24) is 15.1 Å². The summed E-state index contributed by atoms with van der Waals surface area (Å²) >= 11 is 0. The van der Waals surface area contributed by atoms with Crippen LogP contribution in [0.3, 0.4) is 0 Å². The fourth-order valence-electron chi connectivity index (χ4n) is 3.17. The number of para-hydroxylation sites is 1. The molecule has 1 aliphatic heterocycles. The summed E-state index contributed by atoms with van der Waals surface area (Å²) in [7, 11) is 1.89. The molecule has 0 saturated heterocycles. The van der Waals surface area contributed by atoms with Gasteiger partial charge in [0.1, 0.15) is 18.2 Å². The zero-order valence-corrected chi connectivity index (χ0v) is 14.5. The summed E-state index contributed by atoms with van der Waals surface area (Å²) in [4.78, 5) is 0. The van der Waals surface area contributed by atoms with Gasteiger partial charge in [-0.25, -0.2) is 4.39 Å². The molecule has 132 valence electrons. The Bertz CT molecular complexity index is 930. The Hall–Kier alpha value is -2.92. The smallest absolute Gasteiger partial charge is 0.127 e. The quantitative estimate of drug-likeness (QED) is 0.763. The van der Waals surface area contributed by atoms with E-state index in [1.165, 1.54) is 17.7 Å². The molecule has 26 heavy (non-hydrogen) atoms. The molecule has 5 heteroatoms. The van der Waals surface area contributed by atoms with Crippen molar-refractivity contribution in [2.24, 2.45) is 7.05 Å². The first-order valence-electron chi connectivity index (χ1n) is 8.58. The molecule has 0 unspecified atom stereocenters. The molecule has 2 heterocycles. The number of fused-ring (bicyclic) bond motifs is 1. The number of nitrogens with one attached hydrogen (secondary N) is 1. The van der Waals surface area contributed by atoms with Crippen molar-refractivity contribution in [3.05, 3.63) is 89.0 Å². The number of hydrogen-bond donors (Lipinski definition) is 1. The van der Waals surface area contributed by atoms with Crippen LogP contribution in [0, 0.1) is 5.82 Å². The largest absolute Gasteiger partial charge is 0.489 e. The monoisotopic (exact) mass is 349 g/mol. The van der Waals surface area contributed by atoms with Gasteiger partial charge >= 0.3 is 0 Å². The maximum atomic E-state index is 13.3. The van der Waals surface area contributed by atoms with Crippen LogP contribution in [0.2, 0.25) is 0 Å². The van der Waals surface area contributed by atoms with E-state index in [-0.39, 0.29) is 11.9 Å². The molecule has 1 aliphatic rings. The Morgan fingerprint density at radius 3 is 2.73 bits per heavy atom. The van der Waals surface area contributed by atoms with E-state index in [2.05, 4.69) is 16.5 Å². The summed E-state index contributed by atoms with van der Waals surface area (Å²) in [5.74, 6) is 0.678. The second-order valence-electron chi connectivity index (χ2n) is 6.44. The second kappa shape index (κ2) is 7.14. The second-order valence-corrected chi connectivity index (χ2v) is 6.44. The summed E-state index contributed by atoms with van der Waals surface area (Å²) in [6.07, 6.45) is 5.97. The average molecular weight is 349 g/mol. The average Bonchev–Trinajstić information content (AvgIpc) is 3.09. The molecule has 4 rings (SSSR count). The van der Waals surface area contributed by atoms with E-state index in [0.717, 1.165) is 22.4 Å². The van der Waals surface area contributed by atoms with Crippen molar-refractivity contribution < 1.29 is 9.13 Å². The number of halogens is 1. The number of rotatable bonds is 5. The SMILES string of the molecule is Cn1cc([C@H](NCC2=Cc3ccccc3OC2)c2ccc(F)cc2)cn1. The van der Waals surface area contributed by atoms with Crippen molar-refractivity contribution >= 4 is 6.08 Å². The van der Waals surface area contributed by atoms with Crippen molar-refractivity contribution in [2.45, 2.75) is 6.04 Å². The topological polar surface area (TPSA) is 39.1 Å². The lowest BCUT2D eigenvalue weighted by atomic mass is 10.0. The van der Waals surface area contributed by atoms with Gasteiger partial charge in [0.05, 0.1) is 12.2 Å². The lowest BCUT2D eigenvalue weighted by molar-refractivity contribution is 0.342. The molecular formula is C21H20FN3O. The Morgan fingerprint density at radius 1 is 1.15 bits per heavy atom. The zero-order chi connectivity index (χ0) is 17.9. The van der Waals surface area contributed by atoms with E-state index in [1.807, 2.05) is 43.7 Å². The summed E-state index contributed by atoms with van der Waals surface area (Å²) < 4.78 is 20.9. The van der Waals surface area contributed by atoms with Crippen molar-refractivity contribution in [1.29, 1.82) is 0 Å². The maximum absolute atomic E-state index is 13.3. The highest BCUT2D eigenvalue weighted by molar-refractivity contribution is 5.62. The molecule has 0 spiro atoms. The van der Waals surface area contributed by atoms with Crippen molar-refractivity contribution in [2.75, 3.05) is 13.2 Å². The lowest BCUT2D eigenvalue weighted by Crippen LogP contribution is -2.27. The molecule has 0 radical (unpaired) electrons. The van der Waals surface area contributed by atoms with Gasteiger partial charge in [-0.05, 0) is 35.4 Å². The van der Waals surface area contributed by atoms with Crippen LogP contribution in [0.1, 0.15) is 22.7 Å². The van der Waals surface area contributed by atoms with E-state index >= 15 is 0 Å². The van der Waals surface area contributed by atoms with E-state index in [0.29, 0.717) is 13.2 Å². The van der Waals surface area contributed by atoms with Gasteiger partial charge < -0.3 is 10.1 Å². The van der Waals surface area contributed by atoms with Gasteiger partial charge in [0.15, 0.2) is 0 Å². The van der Waals surface area contributed by atoms with Gasteiger partial charge in [0.2, 0.25) is 0 Å². The molecule has 1 atom stereocenters. The minimum Gasteiger partial charge on any atom is -0.489 e. The number of aromatic nitrogens is 2. The van der Waals surface area contributed by atoms with E-state index in [9.17, 15) is 4.39 Å². The number of ether oxygens (including phenoxy) is 1. The molecule has 0 saturated carbocycles. The lowest BCUT2D eigenvalue weighted by Gasteiger charge is -2.22. The normalized spacial score (nSPS) is 14.3. The Morgan fingerprint density at radius 2 is 1.96 bits per heavy atom. The third-order valence-corrected chi connectivity index (χ3v) is 4.49. The van der Waals surface area contributed by atoms with E-state index in [4.69, 9.17) is 4.74 Å². The van der Waals surface area contributed by atoms with Gasteiger partial charge in [0, 0.05) is 30.9 Å². The molecule has 0 fully saturated rings. The Balaban J connectivity index is 1.56. The molecule has 3 aromatic rings. The molecule has 0 bridgehead atoms.